The Morgan fingerprint density at radius 2 is 2.00 bits per heavy atom. The number of nitrogens with zero attached hydrogens (tertiary/aromatic N) is 3. The van der Waals surface area contributed by atoms with Gasteiger partial charge < -0.3 is 0 Å². The van der Waals surface area contributed by atoms with Gasteiger partial charge in [-0.1, -0.05) is 17.7 Å². The summed E-state index contributed by atoms with van der Waals surface area (Å²) in [6, 6.07) is 6.82. The molecule has 0 aromatic carbocycles. The normalized spacial score (nSPS) is 11.2. The van der Waals surface area contributed by atoms with Crippen LogP contribution in [-0.4, -0.2) is 29.1 Å². The van der Waals surface area contributed by atoms with Gasteiger partial charge in [-0.05, 0) is 18.2 Å². The van der Waals surface area contributed by atoms with Gasteiger partial charge in [0.15, 0.2) is 0 Å². The van der Waals surface area contributed by atoms with E-state index in [1.54, 1.807) is 18.3 Å². The van der Waals surface area contributed by atoms with Crippen LogP contribution < -0.4 is 4.72 Å². The average Bonchev–Trinajstić information content (AvgIpc) is 2.37. The van der Waals surface area contributed by atoms with Crippen LogP contribution in [0.3, 0.4) is 0 Å². The number of nitrogens with one attached hydrogen (secondary N) is 1. The van der Waals surface area contributed by atoms with Gasteiger partial charge in [-0.25, -0.2) is 18.4 Å². The van der Waals surface area contributed by atoms with Crippen molar-refractivity contribution in [3.05, 3.63) is 47.5 Å². The largest absolute Gasteiger partial charge is 0.261 e. The molecular weight excluding hydrogens is 288 g/mol. The molecule has 1 N–H and O–H groups in total. The lowest BCUT2D eigenvalue weighted by molar-refractivity contribution is 0.599. The van der Waals surface area contributed by atoms with E-state index in [9.17, 15) is 8.42 Å². The van der Waals surface area contributed by atoms with Crippen molar-refractivity contribution in [2.75, 3.05) is 10.5 Å². The van der Waals surface area contributed by atoms with Crippen LogP contribution in [0, 0.1) is 0 Å². The van der Waals surface area contributed by atoms with E-state index in [2.05, 4.69) is 19.7 Å². The Bertz CT molecular complexity index is 649. The number of halogens is 1. The first-order valence-corrected chi connectivity index (χ1v) is 7.47. The van der Waals surface area contributed by atoms with Gasteiger partial charge in [-0.2, -0.15) is 0 Å². The molecule has 2 heterocycles. The van der Waals surface area contributed by atoms with Crippen molar-refractivity contribution in [2.45, 2.75) is 6.42 Å². The summed E-state index contributed by atoms with van der Waals surface area (Å²) in [5.41, 5.74) is 0.708. The zero-order chi connectivity index (χ0) is 13.7. The van der Waals surface area contributed by atoms with Crippen LogP contribution in [0.25, 0.3) is 0 Å². The molecule has 19 heavy (non-hydrogen) atoms. The number of aryl methyl sites for hydroxylation is 1. The minimum absolute atomic E-state index is 0.0338. The maximum atomic E-state index is 11.8. The molecule has 2 rings (SSSR count). The maximum Gasteiger partial charge on any atom is 0.237 e. The quantitative estimate of drug-likeness (QED) is 0.846. The van der Waals surface area contributed by atoms with E-state index in [0.29, 0.717) is 12.1 Å². The molecule has 0 spiro atoms. The average molecular weight is 299 g/mol. The Morgan fingerprint density at radius 3 is 2.68 bits per heavy atom. The number of pyridine rings is 1. The first-order chi connectivity index (χ1) is 9.05. The molecule has 0 amide bonds. The predicted molar refractivity (Wildman–Crippen MR) is 72.4 cm³/mol. The number of hydrogen-bond acceptors (Lipinski definition) is 5. The molecular formula is C11H11ClN4O2S. The second-order valence-corrected chi connectivity index (χ2v) is 5.92. The second-order valence-electron chi connectivity index (χ2n) is 3.69. The molecule has 0 bridgehead atoms. The SMILES string of the molecule is O=S(=O)(CCc1ccccn1)Nc1nccc(Cl)n1. The molecule has 0 radical (unpaired) electrons. The van der Waals surface area contributed by atoms with E-state index < -0.39 is 10.0 Å². The maximum absolute atomic E-state index is 11.8. The molecule has 0 aliphatic carbocycles. The van der Waals surface area contributed by atoms with Crippen molar-refractivity contribution in [3.63, 3.8) is 0 Å². The fraction of sp³-hybridized carbons (Fsp3) is 0.182. The van der Waals surface area contributed by atoms with Gasteiger partial charge in [0.2, 0.25) is 16.0 Å². The standard InChI is InChI=1S/C11H11ClN4O2S/c12-10-4-7-14-11(15-10)16-19(17,18)8-5-9-3-1-2-6-13-9/h1-4,6-7H,5,8H2,(H,14,15,16). The van der Waals surface area contributed by atoms with Crippen molar-refractivity contribution >= 4 is 27.6 Å². The van der Waals surface area contributed by atoms with Gasteiger partial charge in [0.25, 0.3) is 0 Å². The monoisotopic (exact) mass is 298 g/mol. The summed E-state index contributed by atoms with van der Waals surface area (Å²) in [7, 11) is -3.52. The highest BCUT2D eigenvalue weighted by Crippen LogP contribution is 2.08. The molecule has 100 valence electrons. The third kappa shape index (κ3) is 4.46. The molecule has 0 aliphatic rings. The van der Waals surface area contributed by atoms with E-state index in [0.717, 1.165) is 0 Å². The minimum atomic E-state index is -3.52. The first-order valence-electron chi connectivity index (χ1n) is 5.44. The second kappa shape index (κ2) is 5.94. The van der Waals surface area contributed by atoms with Crippen LogP contribution in [0.4, 0.5) is 5.95 Å². The van der Waals surface area contributed by atoms with Crippen molar-refractivity contribution in [1.29, 1.82) is 0 Å². The number of sulfonamides is 1. The molecule has 0 atom stereocenters. The van der Waals surface area contributed by atoms with Crippen LogP contribution >= 0.6 is 11.6 Å². The van der Waals surface area contributed by atoms with Crippen LogP contribution in [0.2, 0.25) is 5.15 Å². The van der Waals surface area contributed by atoms with E-state index in [1.807, 2.05) is 6.07 Å². The molecule has 6 nitrogen and oxygen atoms in total. The van der Waals surface area contributed by atoms with Crippen LogP contribution in [0.1, 0.15) is 5.69 Å². The fourth-order valence-electron chi connectivity index (χ4n) is 1.36. The molecule has 0 saturated carbocycles. The first kappa shape index (κ1) is 13.7. The van der Waals surface area contributed by atoms with Crippen molar-refractivity contribution in [1.82, 2.24) is 15.0 Å². The summed E-state index contributed by atoms with van der Waals surface area (Å²) < 4.78 is 25.9. The van der Waals surface area contributed by atoms with Crippen LogP contribution in [0.15, 0.2) is 36.7 Å². The summed E-state index contributed by atoms with van der Waals surface area (Å²) in [5.74, 6) is -0.131. The Hall–Kier alpha value is -1.73. The van der Waals surface area contributed by atoms with Gasteiger partial charge in [0, 0.05) is 24.5 Å². The van der Waals surface area contributed by atoms with Crippen molar-refractivity contribution < 1.29 is 8.42 Å². The van der Waals surface area contributed by atoms with Gasteiger partial charge in [0.1, 0.15) is 5.15 Å². The topological polar surface area (TPSA) is 84.8 Å². The number of aromatic nitrogens is 3. The van der Waals surface area contributed by atoms with E-state index in [4.69, 9.17) is 11.6 Å². The van der Waals surface area contributed by atoms with E-state index >= 15 is 0 Å². The minimum Gasteiger partial charge on any atom is -0.261 e. The van der Waals surface area contributed by atoms with Gasteiger partial charge in [0.05, 0.1) is 5.75 Å². The van der Waals surface area contributed by atoms with Crippen LogP contribution in [0.5, 0.6) is 0 Å². The lowest BCUT2D eigenvalue weighted by Gasteiger charge is -2.06. The van der Waals surface area contributed by atoms with E-state index in [-0.39, 0.29) is 16.9 Å². The molecule has 8 heteroatoms. The smallest absolute Gasteiger partial charge is 0.237 e. The van der Waals surface area contributed by atoms with Gasteiger partial charge >= 0.3 is 0 Å². The lowest BCUT2D eigenvalue weighted by Crippen LogP contribution is -2.20. The fourth-order valence-corrected chi connectivity index (χ4v) is 2.45. The van der Waals surface area contributed by atoms with Gasteiger partial charge in [-0.15, -0.1) is 0 Å². The number of rotatable bonds is 5. The zero-order valence-corrected chi connectivity index (χ0v) is 11.4. The Morgan fingerprint density at radius 1 is 1.16 bits per heavy atom. The number of hydrogen-bond donors (Lipinski definition) is 1. The lowest BCUT2D eigenvalue weighted by atomic mass is 10.3. The summed E-state index contributed by atoms with van der Waals surface area (Å²) in [4.78, 5) is 11.6. The molecule has 0 saturated heterocycles. The summed E-state index contributed by atoms with van der Waals surface area (Å²) in [6.45, 7) is 0. The third-order valence-corrected chi connectivity index (χ3v) is 3.67. The van der Waals surface area contributed by atoms with Crippen LogP contribution in [-0.2, 0) is 16.4 Å². The molecule has 0 aliphatic heterocycles. The molecule has 2 aromatic heterocycles. The Kier molecular flexibility index (Phi) is 4.28. The Labute approximate surface area is 115 Å². The zero-order valence-electron chi connectivity index (χ0n) is 9.82. The Balaban J connectivity index is 1.99. The summed E-state index contributed by atoms with van der Waals surface area (Å²) in [5, 5.41) is 0.178. The van der Waals surface area contributed by atoms with Crippen molar-refractivity contribution in [2.24, 2.45) is 0 Å². The molecule has 2 aromatic rings. The number of anilines is 1. The summed E-state index contributed by atoms with van der Waals surface area (Å²) in [6.07, 6.45) is 3.32. The highest BCUT2D eigenvalue weighted by atomic mass is 35.5. The predicted octanol–water partition coefficient (Wildman–Crippen LogP) is 1.51. The van der Waals surface area contributed by atoms with Gasteiger partial charge in [-0.3, -0.25) is 9.71 Å². The highest BCUT2D eigenvalue weighted by Gasteiger charge is 2.12. The van der Waals surface area contributed by atoms with E-state index in [1.165, 1.54) is 12.3 Å². The van der Waals surface area contributed by atoms with Crippen molar-refractivity contribution in [3.8, 4) is 0 Å². The summed E-state index contributed by atoms with van der Waals surface area (Å²) >= 11 is 5.65. The third-order valence-electron chi connectivity index (χ3n) is 2.22. The highest BCUT2D eigenvalue weighted by molar-refractivity contribution is 7.92. The molecule has 0 fully saturated rings. The molecule has 0 unspecified atom stereocenters.